The highest BCUT2D eigenvalue weighted by Gasteiger charge is 2.12. The van der Waals surface area contributed by atoms with E-state index in [1.807, 2.05) is 18.2 Å². The van der Waals surface area contributed by atoms with E-state index in [9.17, 15) is 0 Å². The SMILES string of the molecule is CN=C(N)c1c(OC)cccc1OC. The van der Waals surface area contributed by atoms with Gasteiger partial charge in [0.05, 0.1) is 14.2 Å². The molecule has 1 rings (SSSR count). The number of hydrogen-bond acceptors (Lipinski definition) is 3. The molecular weight excluding hydrogens is 180 g/mol. The lowest BCUT2D eigenvalue weighted by molar-refractivity contribution is 0.392. The van der Waals surface area contributed by atoms with Crippen molar-refractivity contribution in [2.75, 3.05) is 21.3 Å². The summed E-state index contributed by atoms with van der Waals surface area (Å²) in [6, 6.07) is 5.47. The van der Waals surface area contributed by atoms with Crippen LogP contribution >= 0.6 is 0 Å². The summed E-state index contributed by atoms with van der Waals surface area (Å²) in [5, 5.41) is 0. The van der Waals surface area contributed by atoms with Crippen molar-refractivity contribution >= 4 is 5.84 Å². The molecule has 0 bridgehead atoms. The third kappa shape index (κ3) is 1.79. The van der Waals surface area contributed by atoms with Gasteiger partial charge >= 0.3 is 0 Å². The highest BCUT2D eigenvalue weighted by atomic mass is 16.5. The summed E-state index contributed by atoms with van der Waals surface area (Å²) >= 11 is 0. The molecule has 0 aromatic heterocycles. The fourth-order valence-electron chi connectivity index (χ4n) is 1.22. The molecule has 0 saturated heterocycles. The number of rotatable bonds is 3. The molecule has 0 atom stereocenters. The van der Waals surface area contributed by atoms with Crippen molar-refractivity contribution in [3.63, 3.8) is 0 Å². The first kappa shape index (κ1) is 10.4. The second-order valence-electron chi connectivity index (χ2n) is 2.65. The van der Waals surface area contributed by atoms with Gasteiger partial charge in [-0.25, -0.2) is 0 Å². The Morgan fingerprint density at radius 3 is 2.07 bits per heavy atom. The molecule has 0 aliphatic rings. The maximum atomic E-state index is 5.74. The zero-order valence-electron chi connectivity index (χ0n) is 8.57. The second kappa shape index (κ2) is 4.50. The van der Waals surface area contributed by atoms with E-state index in [0.29, 0.717) is 22.9 Å². The number of aliphatic imine (C=N–C) groups is 1. The van der Waals surface area contributed by atoms with Gasteiger partial charge < -0.3 is 15.2 Å². The first-order valence-corrected chi connectivity index (χ1v) is 4.18. The number of methoxy groups -OCH3 is 2. The quantitative estimate of drug-likeness (QED) is 0.577. The van der Waals surface area contributed by atoms with Gasteiger partial charge in [0.25, 0.3) is 0 Å². The van der Waals surface area contributed by atoms with Crippen molar-refractivity contribution in [3.8, 4) is 11.5 Å². The van der Waals surface area contributed by atoms with E-state index in [4.69, 9.17) is 15.2 Å². The summed E-state index contributed by atoms with van der Waals surface area (Å²) in [6.45, 7) is 0. The lowest BCUT2D eigenvalue weighted by Gasteiger charge is -2.11. The third-order valence-corrected chi connectivity index (χ3v) is 1.92. The fourth-order valence-corrected chi connectivity index (χ4v) is 1.22. The normalized spacial score (nSPS) is 11.2. The minimum atomic E-state index is 0.402. The Kier molecular flexibility index (Phi) is 3.34. The van der Waals surface area contributed by atoms with Crippen LogP contribution in [0.5, 0.6) is 11.5 Å². The molecule has 0 aliphatic heterocycles. The number of nitrogens with zero attached hydrogens (tertiary/aromatic N) is 1. The molecule has 1 aromatic carbocycles. The van der Waals surface area contributed by atoms with Gasteiger partial charge in [0.1, 0.15) is 22.9 Å². The first-order valence-electron chi connectivity index (χ1n) is 4.18. The Labute approximate surface area is 83.4 Å². The Bertz CT molecular complexity index is 326. The van der Waals surface area contributed by atoms with Crippen LogP contribution in [0.4, 0.5) is 0 Å². The van der Waals surface area contributed by atoms with E-state index in [-0.39, 0.29) is 0 Å². The molecule has 0 amide bonds. The molecule has 4 nitrogen and oxygen atoms in total. The summed E-state index contributed by atoms with van der Waals surface area (Å²) in [5.74, 6) is 1.72. The maximum absolute atomic E-state index is 5.74. The third-order valence-electron chi connectivity index (χ3n) is 1.92. The zero-order valence-corrected chi connectivity index (χ0v) is 8.57. The van der Waals surface area contributed by atoms with Crippen LogP contribution in [0.25, 0.3) is 0 Å². The zero-order chi connectivity index (χ0) is 10.6. The monoisotopic (exact) mass is 194 g/mol. The molecule has 4 heteroatoms. The van der Waals surface area contributed by atoms with Gasteiger partial charge in [-0.2, -0.15) is 0 Å². The van der Waals surface area contributed by atoms with Crippen LogP contribution < -0.4 is 15.2 Å². The number of nitrogens with two attached hydrogens (primary N) is 1. The lowest BCUT2D eigenvalue weighted by atomic mass is 10.1. The Morgan fingerprint density at radius 1 is 1.21 bits per heavy atom. The van der Waals surface area contributed by atoms with Crippen LogP contribution in [0.15, 0.2) is 23.2 Å². The number of hydrogen-bond donors (Lipinski definition) is 1. The van der Waals surface area contributed by atoms with E-state index >= 15 is 0 Å². The van der Waals surface area contributed by atoms with E-state index in [2.05, 4.69) is 4.99 Å². The maximum Gasteiger partial charge on any atom is 0.133 e. The van der Waals surface area contributed by atoms with Crippen LogP contribution in [0.2, 0.25) is 0 Å². The molecule has 2 N–H and O–H groups in total. The summed E-state index contributed by atoms with van der Waals surface area (Å²) in [4.78, 5) is 3.91. The van der Waals surface area contributed by atoms with Crippen LogP contribution in [0.3, 0.4) is 0 Å². The van der Waals surface area contributed by atoms with Crippen molar-refractivity contribution < 1.29 is 9.47 Å². The number of amidine groups is 1. The van der Waals surface area contributed by atoms with Crippen molar-refractivity contribution in [1.29, 1.82) is 0 Å². The Hall–Kier alpha value is -1.71. The average molecular weight is 194 g/mol. The van der Waals surface area contributed by atoms with E-state index < -0.39 is 0 Å². The Balaban J connectivity index is 3.33. The van der Waals surface area contributed by atoms with Gasteiger partial charge in [-0.15, -0.1) is 0 Å². The van der Waals surface area contributed by atoms with Crippen molar-refractivity contribution in [2.45, 2.75) is 0 Å². The van der Waals surface area contributed by atoms with Crippen LogP contribution in [0.1, 0.15) is 5.56 Å². The molecule has 0 spiro atoms. The fraction of sp³-hybridized carbons (Fsp3) is 0.300. The van der Waals surface area contributed by atoms with Crippen LogP contribution in [-0.4, -0.2) is 27.1 Å². The largest absolute Gasteiger partial charge is 0.496 e. The minimum Gasteiger partial charge on any atom is -0.496 e. The van der Waals surface area contributed by atoms with Crippen molar-refractivity contribution in [3.05, 3.63) is 23.8 Å². The minimum absolute atomic E-state index is 0.402. The van der Waals surface area contributed by atoms with Gasteiger partial charge in [-0.1, -0.05) is 6.07 Å². The standard InChI is InChI=1S/C10H14N2O2/c1-12-10(11)9-7(13-2)5-4-6-8(9)14-3/h4-6H,1-3H3,(H2,11,12). The average Bonchev–Trinajstić information content (AvgIpc) is 2.26. The molecular formula is C10H14N2O2. The summed E-state index contributed by atoms with van der Waals surface area (Å²) in [7, 11) is 4.80. The molecule has 14 heavy (non-hydrogen) atoms. The molecule has 0 unspecified atom stereocenters. The molecule has 0 radical (unpaired) electrons. The number of ether oxygens (including phenoxy) is 2. The predicted molar refractivity (Wildman–Crippen MR) is 56.2 cm³/mol. The van der Waals surface area contributed by atoms with E-state index in [1.54, 1.807) is 21.3 Å². The molecule has 0 fully saturated rings. The first-order chi connectivity index (χ1) is 6.74. The van der Waals surface area contributed by atoms with Crippen molar-refractivity contribution in [1.82, 2.24) is 0 Å². The summed E-state index contributed by atoms with van der Waals surface area (Å²) in [6.07, 6.45) is 0. The molecule has 1 aromatic rings. The predicted octanol–water partition coefficient (Wildman–Crippen LogP) is 1.04. The van der Waals surface area contributed by atoms with Gasteiger partial charge in [0, 0.05) is 7.05 Å². The Morgan fingerprint density at radius 2 is 1.71 bits per heavy atom. The van der Waals surface area contributed by atoms with Crippen molar-refractivity contribution in [2.24, 2.45) is 10.7 Å². The highest BCUT2D eigenvalue weighted by Crippen LogP contribution is 2.27. The molecule has 0 aliphatic carbocycles. The highest BCUT2D eigenvalue weighted by molar-refractivity contribution is 6.02. The second-order valence-corrected chi connectivity index (χ2v) is 2.65. The summed E-state index contributed by atoms with van der Waals surface area (Å²) in [5.41, 5.74) is 6.43. The van der Waals surface area contributed by atoms with E-state index in [1.165, 1.54) is 0 Å². The van der Waals surface area contributed by atoms with Crippen LogP contribution in [0, 0.1) is 0 Å². The number of benzene rings is 1. The lowest BCUT2D eigenvalue weighted by Crippen LogP contribution is -2.15. The van der Waals surface area contributed by atoms with Gasteiger partial charge in [0.2, 0.25) is 0 Å². The molecule has 76 valence electrons. The van der Waals surface area contributed by atoms with Gasteiger partial charge in [-0.05, 0) is 12.1 Å². The smallest absolute Gasteiger partial charge is 0.133 e. The van der Waals surface area contributed by atoms with Gasteiger partial charge in [-0.3, -0.25) is 4.99 Å². The van der Waals surface area contributed by atoms with Crippen LogP contribution in [-0.2, 0) is 0 Å². The van der Waals surface area contributed by atoms with Gasteiger partial charge in [0.15, 0.2) is 0 Å². The summed E-state index contributed by atoms with van der Waals surface area (Å²) < 4.78 is 10.3. The topological polar surface area (TPSA) is 56.8 Å². The molecule has 0 saturated carbocycles. The molecule has 0 heterocycles. The van der Waals surface area contributed by atoms with E-state index in [0.717, 1.165) is 0 Å².